The molecule has 0 radical (unpaired) electrons. The standard InChI is InChI=1S/C19H14Cl2N2O3S/c20-13-4-7-17(8-5-13)27-19-9-6-16(26-19)11-22-23-18(24)12-25-15-3-1-2-14(21)10-15/h1-11H,12H2,(H,23,24)/b22-11+. The maximum Gasteiger partial charge on any atom is 0.277 e. The normalized spacial score (nSPS) is 10.9. The Bertz CT molecular complexity index is 942. The van der Waals surface area contributed by atoms with Crippen molar-refractivity contribution in [3.63, 3.8) is 0 Å². The minimum Gasteiger partial charge on any atom is -0.484 e. The van der Waals surface area contributed by atoms with Crippen molar-refractivity contribution in [3.8, 4) is 5.75 Å². The molecule has 3 aromatic rings. The summed E-state index contributed by atoms with van der Waals surface area (Å²) in [5, 5.41) is 5.78. The molecule has 0 aliphatic rings. The van der Waals surface area contributed by atoms with Crippen LogP contribution in [0.5, 0.6) is 5.75 Å². The Hall–Kier alpha value is -2.41. The molecule has 0 saturated carbocycles. The topological polar surface area (TPSA) is 63.8 Å². The molecule has 0 saturated heterocycles. The molecule has 2 aromatic carbocycles. The lowest BCUT2D eigenvalue weighted by atomic mass is 10.3. The molecule has 1 aromatic heterocycles. The lowest BCUT2D eigenvalue weighted by Gasteiger charge is -2.04. The van der Waals surface area contributed by atoms with Crippen molar-refractivity contribution < 1.29 is 13.9 Å². The van der Waals surface area contributed by atoms with E-state index in [0.29, 0.717) is 26.6 Å². The Morgan fingerprint density at radius 3 is 2.70 bits per heavy atom. The highest BCUT2D eigenvalue weighted by molar-refractivity contribution is 7.99. The number of ether oxygens (including phenoxy) is 1. The Balaban J connectivity index is 1.46. The van der Waals surface area contributed by atoms with Crippen molar-refractivity contribution in [2.24, 2.45) is 5.10 Å². The minimum atomic E-state index is -0.395. The molecule has 1 heterocycles. The van der Waals surface area contributed by atoms with Crippen molar-refractivity contribution in [1.82, 2.24) is 5.43 Å². The summed E-state index contributed by atoms with van der Waals surface area (Å²) in [6.45, 7) is -0.173. The zero-order valence-corrected chi connectivity index (χ0v) is 16.2. The van der Waals surface area contributed by atoms with Gasteiger partial charge in [-0.1, -0.05) is 41.0 Å². The Morgan fingerprint density at radius 2 is 1.93 bits per heavy atom. The summed E-state index contributed by atoms with van der Waals surface area (Å²) < 4.78 is 10.9. The van der Waals surface area contributed by atoms with Crippen LogP contribution in [0.2, 0.25) is 10.0 Å². The first-order valence-corrected chi connectivity index (χ1v) is 9.39. The van der Waals surface area contributed by atoms with Crippen LogP contribution in [-0.4, -0.2) is 18.7 Å². The molecule has 5 nitrogen and oxygen atoms in total. The van der Waals surface area contributed by atoms with Gasteiger partial charge in [-0.3, -0.25) is 4.79 Å². The van der Waals surface area contributed by atoms with Crippen molar-refractivity contribution in [3.05, 3.63) is 76.5 Å². The molecular weight excluding hydrogens is 407 g/mol. The Kier molecular flexibility index (Phi) is 6.81. The summed E-state index contributed by atoms with van der Waals surface area (Å²) in [7, 11) is 0. The highest BCUT2D eigenvalue weighted by atomic mass is 35.5. The minimum absolute atomic E-state index is 0.173. The van der Waals surface area contributed by atoms with Crippen LogP contribution in [0.3, 0.4) is 0 Å². The van der Waals surface area contributed by atoms with E-state index in [1.807, 2.05) is 30.3 Å². The third-order valence-corrected chi connectivity index (χ3v) is 4.60. The molecule has 138 valence electrons. The number of hydrogen-bond donors (Lipinski definition) is 1. The molecule has 1 amide bonds. The maximum atomic E-state index is 11.7. The third kappa shape index (κ3) is 6.36. The number of rotatable bonds is 7. The van der Waals surface area contributed by atoms with Gasteiger partial charge in [0.1, 0.15) is 11.5 Å². The second-order valence-electron chi connectivity index (χ2n) is 5.25. The van der Waals surface area contributed by atoms with Crippen LogP contribution >= 0.6 is 35.0 Å². The van der Waals surface area contributed by atoms with Gasteiger partial charge in [0.05, 0.1) is 6.21 Å². The highest BCUT2D eigenvalue weighted by Crippen LogP contribution is 2.29. The second-order valence-corrected chi connectivity index (χ2v) is 7.20. The van der Waals surface area contributed by atoms with Crippen LogP contribution in [0.4, 0.5) is 0 Å². The maximum absolute atomic E-state index is 11.7. The fourth-order valence-electron chi connectivity index (χ4n) is 1.98. The van der Waals surface area contributed by atoms with Gasteiger partial charge in [0.2, 0.25) is 0 Å². The van der Waals surface area contributed by atoms with Gasteiger partial charge in [-0.05, 0) is 54.6 Å². The van der Waals surface area contributed by atoms with E-state index in [9.17, 15) is 4.79 Å². The van der Waals surface area contributed by atoms with Gasteiger partial charge < -0.3 is 9.15 Å². The van der Waals surface area contributed by atoms with E-state index in [2.05, 4.69) is 10.5 Å². The summed E-state index contributed by atoms with van der Waals surface area (Å²) in [5.74, 6) is 0.632. The van der Waals surface area contributed by atoms with Gasteiger partial charge >= 0.3 is 0 Å². The van der Waals surface area contributed by atoms with Crippen molar-refractivity contribution >= 4 is 47.1 Å². The van der Waals surface area contributed by atoms with E-state index in [4.69, 9.17) is 32.4 Å². The molecule has 3 rings (SSSR count). The molecule has 27 heavy (non-hydrogen) atoms. The van der Waals surface area contributed by atoms with Crippen molar-refractivity contribution in [1.29, 1.82) is 0 Å². The monoisotopic (exact) mass is 420 g/mol. The zero-order chi connectivity index (χ0) is 19.1. The van der Waals surface area contributed by atoms with Gasteiger partial charge in [-0.15, -0.1) is 0 Å². The molecular formula is C19H14Cl2N2O3S. The molecule has 0 atom stereocenters. The Morgan fingerprint density at radius 1 is 1.11 bits per heavy atom. The van der Waals surface area contributed by atoms with Crippen LogP contribution in [0.25, 0.3) is 0 Å². The van der Waals surface area contributed by atoms with E-state index in [1.165, 1.54) is 18.0 Å². The molecule has 0 aliphatic carbocycles. The van der Waals surface area contributed by atoms with Crippen molar-refractivity contribution in [2.45, 2.75) is 9.99 Å². The van der Waals surface area contributed by atoms with Gasteiger partial charge in [0.25, 0.3) is 5.91 Å². The molecule has 0 bridgehead atoms. The summed E-state index contributed by atoms with van der Waals surface area (Å²) in [5.41, 5.74) is 2.37. The van der Waals surface area contributed by atoms with Gasteiger partial charge in [0, 0.05) is 14.9 Å². The fourth-order valence-corrected chi connectivity index (χ4v) is 3.07. The number of benzene rings is 2. The van der Waals surface area contributed by atoms with Crippen LogP contribution < -0.4 is 10.2 Å². The molecule has 1 N–H and O–H groups in total. The first-order valence-electron chi connectivity index (χ1n) is 7.82. The van der Waals surface area contributed by atoms with Crippen LogP contribution in [0.15, 0.2) is 80.2 Å². The third-order valence-electron chi connectivity index (χ3n) is 3.18. The van der Waals surface area contributed by atoms with Gasteiger partial charge in [-0.25, -0.2) is 5.43 Å². The average Bonchev–Trinajstić information content (AvgIpc) is 3.09. The largest absolute Gasteiger partial charge is 0.484 e. The smallest absolute Gasteiger partial charge is 0.277 e. The number of hydrazone groups is 1. The molecule has 0 unspecified atom stereocenters. The van der Waals surface area contributed by atoms with Crippen LogP contribution in [0.1, 0.15) is 5.76 Å². The summed E-state index contributed by atoms with van der Waals surface area (Å²) in [6, 6.07) is 17.8. The number of furan rings is 1. The van der Waals surface area contributed by atoms with E-state index >= 15 is 0 Å². The van der Waals surface area contributed by atoms with E-state index in [0.717, 1.165) is 4.90 Å². The summed E-state index contributed by atoms with van der Waals surface area (Å²) in [6.07, 6.45) is 1.42. The van der Waals surface area contributed by atoms with Gasteiger partial charge in [-0.2, -0.15) is 5.10 Å². The number of halogens is 2. The Labute approximate surface area is 170 Å². The number of carbonyl (C=O) groups excluding carboxylic acids is 1. The average molecular weight is 421 g/mol. The second kappa shape index (κ2) is 9.50. The lowest BCUT2D eigenvalue weighted by molar-refractivity contribution is -0.123. The first-order chi connectivity index (χ1) is 13.1. The molecule has 0 aliphatic heterocycles. The molecule has 8 heteroatoms. The van der Waals surface area contributed by atoms with E-state index in [-0.39, 0.29) is 6.61 Å². The zero-order valence-electron chi connectivity index (χ0n) is 13.9. The number of hydrogen-bond acceptors (Lipinski definition) is 5. The van der Waals surface area contributed by atoms with Gasteiger partial charge in [0.15, 0.2) is 11.7 Å². The van der Waals surface area contributed by atoms with Crippen LogP contribution in [0, 0.1) is 0 Å². The molecule has 0 fully saturated rings. The number of nitrogens with zero attached hydrogens (tertiary/aromatic N) is 1. The molecule has 0 spiro atoms. The van der Waals surface area contributed by atoms with E-state index < -0.39 is 5.91 Å². The first kappa shape index (κ1) is 19.4. The summed E-state index contributed by atoms with van der Waals surface area (Å²) >= 11 is 13.2. The predicted molar refractivity (Wildman–Crippen MR) is 107 cm³/mol. The number of carbonyl (C=O) groups is 1. The fraction of sp³-hybridized carbons (Fsp3) is 0.0526. The quantitative estimate of drug-likeness (QED) is 0.417. The van der Waals surface area contributed by atoms with Crippen molar-refractivity contribution in [2.75, 3.05) is 6.61 Å². The number of amides is 1. The summed E-state index contributed by atoms with van der Waals surface area (Å²) in [4.78, 5) is 12.7. The predicted octanol–water partition coefficient (Wildman–Crippen LogP) is 5.27. The lowest BCUT2D eigenvalue weighted by Crippen LogP contribution is -2.24. The highest BCUT2D eigenvalue weighted by Gasteiger charge is 2.04. The SMILES string of the molecule is O=C(COc1cccc(Cl)c1)N/N=C/c1ccc(Sc2ccc(Cl)cc2)o1. The van der Waals surface area contributed by atoms with Crippen LogP contribution in [-0.2, 0) is 4.79 Å². The van der Waals surface area contributed by atoms with E-state index in [1.54, 1.807) is 30.3 Å². The number of nitrogens with one attached hydrogen (secondary N) is 1.